The Hall–Kier alpha value is -2.38. The Bertz CT molecular complexity index is 792. The molecule has 2 aromatic rings. The van der Waals surface area contributed by atoms with Crippen LogP contribution in [0.1, 0.15) is 55.0 Å². The van der Waals surface area contributed by atoms with Crippen LogP contribution in [0.25, 0.3) is 0 Å². The first kappa shape index (κ1) is 19.4. The van der Waals surface area contributed by atoms with Crippen LogP contribution in [0.3, 0.4) is 0 Å². The first-order chi connectivity index (χ1) is 12.7. The molecule has 5 nitrogen and oxygen atoms in total. The summed E-state index contributed by atoms with van der Waals surface area (Å²) in [4.78, 5) is 17.0. The lowest BCUT2D eigenvalue weighted by Crippen LogP contribution is -2.28. The molecule has 1 amide bonds. The van der Waals surface area contributed by atoms with Crippen molar-refractivity contribution in [2.45, 2.75) is 58.2 Å². The molecule has 1 unspecified atom stereocenters. The highest BCUT2D eigenvalue weighted by Gasteiger charge is 2.36. The third-order valence-electron chi connectivity index (χ3n) is 5.04. The molecule has 0 aromatic carbocycles. The molecule has 0 bridgehead atoms. The number of carbonyl (C=O) groups is 1. The van der Waals surface area contributed by atoms with Crippen LogP contribution in [0.2, 0.25) is 0 Å². The number of nitrogens with one attached hydrogen (secondary N) is 1. The summed E-state index contributed by atoms with van der Waals surface area (Å²) >= 11 is 0. The Balaban J connectivity index is 1.86. The monoisotopic (exact) mass is 380 g/mol. The Morgan fingerprint density at radius 1 is 1.30 bits per heavy atom. The fourth-order valence-electron chi connectivity index (χ4n) is 3.57. The van der Waals surface area contributed by atoms with Crippen molar-refractivity contribution >= 4 is 11.7 Å². The molecule has 1 atom stereocenters. The normalized spacial score (nSPS) is 16.5. The minimum absolute atomic E-state index is 0.125. The number of hydrogen-bond donors (Lipinski definition) is 1. The molecule has 27 heavy (non-hydrogen) atoms. The van der Waals surface area contributed by atoms with Crippen molar-refractivity contribution < 1.29 is 18.0 Å². The highest BCUT2D eigenvalue weighted by atomic mass is 19.4. The number of hydrogen-bond acceptors (Lipinski definition) is 3. The molecule has 0 spiro atoms. The first-order valence-corrected chi connectivity index (χ1v) is 9.10. The van der Waals surface area contributed by atoms with Crippen molar-refractivity contribution in [3.63, 3.8) is 0 Å². The molecule has 1 fully saturated rings. The molecule has 2 heterocycles. The summed E-state index contributed by atoms with van der Waals surface area (Å²) in [5.74, 6) is 0.294. The molecule has 3 rings (SSSR count). The summed E-state index contributed by atoms with van der Waals surface area (Å²) in [6.45, 7) is 3.19. The summed E-state index contributed by atoms with van der Waals surface area (Å²) in [6.07, 6.45) is 2.69. The molecule has 1 N–H and O–H groups in total. The van der Waals surface area contributed by atoms with Gasteiger partial charge < -0.3 is 5.32 Å². The zero-order chi connectivity index (χ0) is 19.6. The standard InChI is InChI=1S/C19H23F3N4O/c1-12-7-8-17(23-10-12)24-18(27)16(9-14-5-3-4-6-14)26-11-15(13(2)25-26)19(20,21)22/h7-8,10-11,14,16H,3-6,9H2,1-2H3,(H,23,24,27). The summed E-state index contributed by atoms with van der Waals surface area (Å²) < 4.78 is 40.6. The van der Waals surface area contributed by atoms with Crippen LogP contribution in [0.5, 0.6) is 0 Å². The number of aryl methyl sites for hydroxylation is 2. The van der Waals surface area contributed by atoms with Crippen LogP contribution in [-0.2, 0) is 11.0 Å². The quantitative estimate of drug-likeness (QED) is 0.820. The van der Waals surface area contributed by atoms with E-state index < -0.39 is 23.7 Å². The van der Waals surface area contributed by atoms with Crippen LogP contribution < -0.4 is 5.32 Å². The van der Waals surface area contributed by atoms with Gasteiger partial charge in [0.05, 0.1) is 11.3 Å². The predicted molar refractivity (Wildman–Crippen MR) is 95.2 cm³/mol. The van der Waals surface area contributed by atoms with E-state index in [2.05, 4.69) is 15.4 Å². The fourth-order valence-corrected chi connectivity index (χ4v) is 3.57. The lowest BCUT2D eigenvalue weighted by atomic mass is 9.98. The van der Waals surface area contributed by atoms with Crippen molar-refractivity contribution in [2.24, 2.45) is 5.92 Å². The second-order valence-electron chi connectivity index (χ2n) is 7.22. The zero-order valence-electron chi connectivity index (χ0n) is 15.4. The maximum Gasteiger partial charge on any atom is 0.419 e. The third-order valence-corrected chi connectivity index (χ3v) is 5.04. The SMILES string of the molecule is Cc1ccc(NC(=O)C(CC2CCCC2)n2cc(C(F)(F)F)c(C)n2)nc1. The maximum atomic E-state index is 13.2. The van der Waals surface area contributed by atoms with Gasteiger partial charge >= 0.3 is 6.18 Å². The van der Waals surface area contributed by atoms with E-state index in [1.54, 1.807) is 12.3 Å². The third kappa shape index (κ3) is 4.67. The number of alkyl halides is 3. The highest BCUT2D eigenvalue weighted by Crippen LogP contribution is 2.35. The summed E-state index contributed by atoms with van der Waals surface area (Å²) in [7, 11) is 0. The van der Waals surface area contributed by atoms with Gasteiger partial charge in [0.1, 0.15) is 11.9 Å². The van der Waals surface area contributed by atoms with E-state index >= 15 is 0 Å². The van der Waals surface area contributed by atoms with Gasteiger partial charge in [-0.25, -0.2) is 4.98 Å². The molecule has 0 radical (unpaired) electrons. The lowest BCUT2D eigenvalue weighted by Gasteiger charge is -2.20. The number of anilines is 1. The lowest BCUT2D eigenvalue weighted by molar-refractivity contribution is -0.138. The molecule has 0 aliphatic heterocycles. The van der Waals surface area contributed by atoms with E-state index in [9.17, 15) is 18.0 Å². The van der Waals surface area contributed by atoms with Gasteiger partial charge in [-0.2, -0.15) is 18.3 Å². The number of aromatic nitrogens is 3. The predicted octanol–water partition coefficient (Wildman–Crippen LogP) is 4.67. The van der Waals surface area contributed by atoms with Gasteiger partial charge in [-0.3, -0.25) is 9.48 Å². The topological polar surface area (TPSA) is 59.8 Å². The second-order valence-corrected chi connectivity index (χ2v) is 7.22. The summed E-state index contributed by atoms with van der Waals surface area (Å²) in [5.41, 5.74) is 0.0217. The molecular weight excluding hydrogens is 357 g/mol. The molecule has 8 heteroatoms. The highest BCUT2D eigenvalue weighted by molar-refractivity contribution is 5.92. The minimum atomic E-state index is -4.49. The number of amides is 1. The van der Waals surface area contributed by atoms with Gasteiger partial charge in [-0.15, -0.1) is 0 Å². The van der Waals surface area contributed by atoms with E-state index in [-0.39, 0.29) is 5.69 Å². The fraction of sp³-hybridized carbons (Fsp3) is 0.526. The number of pyridine rings is 1. The van der Waals surface area contributed by atoms with Crippen LogP contribution in [-0.4, -0.2) is 20.7 Å². The van der Waals surface area contributed by atoms with Gasteiger partial charge in [-0.1, -0.05) is 31.7 Å². The van der Waals surface area contributed by atoms with E-state index in [0.717, 1.165) is 37.4 Å². The van der Waals surface area contributed by atoms with Crippen LogP contribution >= 0.6 is 0 Å². The second kappa shape index (κ2) is 7.70. The van der Waals surface area contributed by atoms with E-state index in [1.807, 2.05) is 13.0 Å². The van der Waals surface area contributed by atoms with Crippen molar-refractivity contribution in [2.75, 3.05) is 5.32 Å². The van der Waals surface area contributed by atoms with Crippen LogP contribution in [0.4, 0.5) is 19.0 Å². The molecular formula is C19H23F3N4O. The Labute approximate surface area is 156 Å². The summed E-state index contributed by atoms with van der Waals surface area (Å²) in [5, 5.41) is 6.73. The van der Waals surface area contributed by atoms with Crippen molar-refractivity contribution in [1.29, 1.82) is 0 Å². The minimum Gasteiger partial charge on any atom is -0.309 e. The average Bonchev–Trinajstić information content (AvgIpc) is 3.23. The van der Waals surface area contributed by atoms with Gasteiger partial charge in [0.2, 0.25) is 5.91 Å². The summed E-state index contributed by atoms with van der Waals surface area (Å²) in [6, 6.07) is 2.69. The Morgan fingerprint density at radius 2 is 2.00 bits per heavy atom. The number of nitrogens with zero attached hydrogens (tertiary/aromatic N) is 3. The van der Waals surface area contributed by atoms with Gasteiger partial charge in [-0.05, 0) is 37.8 Å². The average molecular weight is 380 g/mol. The van der Waals surface area contributed by atoms with Gasteiger partial charge in [0.15, 0.2) is 0 Å². The van der Waals surface area contributed by atoms with E-state index in [0.29, 0.717) is 18.2 Å². The molecule has 1 saturated carbocycles. The Kier molecular flexibility index (Phi) is 5.53. The van der Waals surface area contributed by atoms with Crippen LogP contribution in [0, 0.1) is 19.8 Å². The molecule has 146 valence electrons. The van der Waals surface area contributed by atoms with Crippen molar-refractivity contribution in [3.05, 3.63) is 41.3 Å². The van der Waals surface area contributed by atoms with Gasteiger partial charge in [0.25, 0.3) is 0 Å². The van der Waals surface area contributed by atoms with Crippen molar-refractivity contribution in [1.82, 2.24) is 14.8 Å². The van der Waals surface area contributed by atoms with E-state index in [4.69, 9.17) is 0 Å². The largest absolute Gasteiger partial charge is 0.419 e. The molecule has 1 aliphatic rings. The number of carbonyl (C=O) groups excluding carboxylic acids is 1. The Morgan fingerprint density at radius 3 is 2.56 bits per heavy atom. The van der Waals surface area contributed by atoms with Crippen LogP contribution in [0.15, 0.2) is 24.5 Å². The van der Waals surface area contributed by atoms with Crippen molar-refractivity contribution in [3.8, 4) is 0 Å². The molecule has 1 aliphatic carbocycles. The number of halogens is 3. The molecule has 0 saturated heterocycles. The molecule has 2 aromatic heterocycles. The van der Waals surface area contributed by atoms with Gasteiger partial charge in [0, 0.05) is 12.4 Å². The number of rotatable bonds is 5. The first-order valence-electron chi connectivity index (χ1n) is 9.10. The van der Waals surface area contributed by atoms with E-state index in [1.165, 1.54) is 11.6 Å². The zero-order valence-corrected chi connectivity index (χ0v) is 15.4. The smallest absolute Gasteiger partial charge is 0.309 e. The maximum absolute atomic E-state index is 13.2.